The van der Waals surface area contributed by atoms with Crippen molar-refractivity contribution in [2.45, 2.75) is 51.0 Å². The number of carbonyl (C=O) groups excluding carboxylic acids is 1. The number of nitrogens with zero attached hydrogens (tertiary/aromatic N) is 2. The fourth-order valence-corrected chi connectivity index (χ4v) is 3.90. The van der Waals surface area contributed by atoms with Gasteiger partial charge in [0.1, 0.15) is 5.75 Å². The Hall–Kier alpha value is -2.95. The van der Waals surface area contributed by atoms with Crippen LogP contribution in [0, 0.1) is 0 Å². The molecule has 0 unspecified atom stereocenters. The van der Waals surface area contributed by atoms with E-state index >= 15 is 0 Å². The number of esters is 1. The third-order valence-corrected chi connectivity index (χ3v) is 5.48. The summed E-state index contributed by atoms with van der Waals surface area (Å²) in [5, 5.41) is 0.552. The molecule has 4 rings (SSSR count). The minimum absolute atomic E-state index is 0.115. The number of aryl methyl sites for hydroxylation is 1. The van der Waals surface area contributed by atoms with Gasteiger partial charge in [-0.3, -0.25) is 14.2 Å². The summed E-state index contributed by atoms with van der Waals surface area (Å²) >= 11 is 0. The van der Waals surface area contributed by atoms with Gasteiger partial charge in [0.05, 0.1) is 23.7 Å². The Morgan fingerprint density at radius 3 is 2.57 bits per heavy atom. The zero-order chi connectivity index (χ0) is 19.3. The largest absolute Gasteiger partial charge is 0.426 e. The first-order valence-electron chi connectivity index (χ1n) is 9.95. The van der Waals surface area contributed by atoms with Crippen molar-refractivity contribution in [2.75, 3.05) is 0 Å². The van der Waals surface area contributed by atoms with Gasteiger partial charge in [-0.15, -0.1) is 0 Å². The first kappa shape index (κ1) is 18.4. The summed E-state index contributed by atoms with van der Waals surface area (Å²) in [6.07, 6.45) is 8.01. The number of rotatable bonds is 5. The predicted octanol–water partition coefficient (Wildman–Crippen LogP) is 4.44. The van der Waals surface area contributed by atoms with Gasteiger partial charge in [-0.05, 0) is 48.6 Å². The average Bonchev–Trinajstić information content (AvgIpc) is 2.75. The Balaban J connectivity index is 1.36. The van der Waals surface area contributed by atoms with E-state index in [4.69, 9.17) is 4.74 Å². The highest BCUT2D eigenvalue weighted by Gasteiger charge is 2.15. The molecule has 1 heterocycles. The van der Waals surface area contributed by atoms with Crippen molar-refractivity contribution in [2.24, 2.45) is 0 Å². The van der Waals surface area contributed by atoms with E-state index in [1.165, 1.54) is 48.6 Å². The molecule has 5 heteroatoms. The second-order valence-corrected chi connectivity index (χ2v) is 7.39. The molecule has 0 saturated heterocycles. The minimum Gasteiger partial charge on any atom is -0.426 e. The molecule has 1 aliphatic rings. The van der Waals surface area contributed by atoms with Crippen molar-refractivity contribution in [3.05, 3.63) is 70.8 Å². The van der Waals surface area contributed by atoms with Crippen molar-refractivity contribution < 1.29 is 9.53 Å². The second-order valence-electron chi connectivity index (χ2n) is 7.39. The van der Waals surface area contributed by atoms with Crippen molar-refractivity contribution in [1.82, 2.24) is 9.55 Å². The van der Waals surface area contributed by atoms with Gasteiger partial charge < -0.3 is 4.74 Å². The number of hydrogen-bond acceptors (Lipinski definition) is 4. The molecule has 1 aliphatic carbocycles. The lowest BCUT2D eigenvalue weighted by atomic mass is 9.84. The molecular weight excluding hydrogens is 352 g/mol. The molecule has 0 N–H and O–H groups in total. The van der Waals surface area contributed by atoms with Crippen LogP contribution in [-0.4, -0.2) is 15.5 Å². The van der Waals surface area contributed by atoms with Crippen LogP contribution in [0.25, 0.3) is 10.9 Å². The maximum atomic E-state index is 12.5. The van der Waals surface area contributed by atoms with Crippen LogP contribution in [-0.2, 0) is 11.3 Å². The van der Waals surface area contributed by atoms with E-state index in [9.17, 15) is 9.59 Å². The summed E-state index contributed by atoms with van der Waals surface area (Å²) in [5.41, 5.74) is 1.84. The SMILES string of the molecule is O=C(CCn1cnc2ccccc2c1=O)Oc1ccc(C2CCCCC2)cc1. The molecule has 1 aromatic heterocycles. The summed E-state index contributed by atoms with van der Waals surface area (Å²) < 4.78 is 6.89. The van der Waals surface area contributed by atoms with Gasteiger partial charge in [0.15, 0.2) is 0 Å². The van der Waals surface area contributed by atoms with Crippen molar-refractivity contribution >= 4 is 16.9 Å². The molecule has 1 saturated carbocycles. The molecule has 0 spiro atoms. The Labute approximate surface area is 164 Å². The van der Waals surface area contributed by atoms with Gasteiger partial charge in [-0.25, -0.2) is 4.98 Å². The third-order valence-electron chi connectivity index (χ3n) is 5.48. The summed E-state index contributed by atoms with van der Waals surface area (Å²) in [7, 11) is 0. The fourth-order valence-electron chi connectivity index (χ4n) is 3.90. The van der Waals surface area contributed by atoms with Crippen LogP contribution < -0.4 is 10.3 Å². The normalized spacial score (nSPS) is 14.9. The zero-order valence-corrected chi connectivity index (χ0v) is 15.8. The monoisotopic (exact) mass is 376 g/mol. The summed E-state index contributed by atoms with van der Waals surface area (Å²) in [6, 6.07) is 15.1. The highest BCUT2D eigenvalue weighted by Crippen LogP contribution is 2.33. The van der Waals surface area contributed by atoms with Gasteiger partial charge in [0, 0.05) is 6.54 Å². The number of carbonyl (C=O) groups is 1. The van der Waals surface area contributed by atoms with Crippen LogP contribution in [0.4, 0.5) is 0 Å². The summed E-state index contributed by atoms with van der Waals surface area (Å²) in [4.78, 5) is 28.9. The Morgan fingerprint density at radius 2 is 1.79 bits per heavy atom. The predicted molar refractivity (Wildman–Crippen MR) is 109 cm³/mol. The topological polar surface area (TPSA) is 61.2 Å². The number of para-hydroxylation sites is 1. The Kier molecular flexibility index (Phi) is 5.51. The molecule has 144 valence electrons. The van der Waals surface area contributed by atoms with Gasteiger partial charge in [0.25, 0.3) is 5.56 Å². The molecule has 0 aliphatic heterocycles. The lowest BCUT2D eigenvalue weighted by Gasteiger charge is -2.22. The molecule has 0 bridgehead atoms. The Morgan fingerprint density at radius 1 is 1.04 bits per heavy atom. The number of fused-ring (bicyclic) bond motifs is 1. The van der Waals surface area contributed by atoms with Gasteiger partial charge in [-0.2, -0.15) is 0 Å². The van der Waals surface area contributed by atoms with Crippen LogP contribution in [0.15, 0.2) is 59.7 Å². The smallest absolute Gasteiger partial charge is 0.312 e. The number of ether oxygens (including phenoxy) is 1. The van der Waals surface area contributed by atoms with E-state index in [2.05, 4.69) is 17.1 Å². The van der Waals surface area contributed by atoms with Crippen LogP contribution in [0.1, 0.15) is 50.0 Å². The molecule has 28 heavy (non-hydrogen) atoms. The molecule has 3 aromatic rings. The lowest BCUT2D eigenvalue weighted by molar-refractivity contribution is -0.134. The minimum atomic E-state index is -0.356. The van der Waals surface area contributed by atoms with E-state index in [0.29, 0.717) is 22.6 Å². The van der Waals surface area contributed by atoms with E-state index in [1.807, 2.05) is 18.2 Å². The lowest BCUT2D eigenvalue weighted by Crippen LogP contribution is -2.23. The molecule has 0 amide bonds. The van der Waals surface area contributed by atoms with Crippen molar-refractivity contribution in [3.8, 4) is 5.75 Å². The van der Waals surface area contributed by atoms with Gasteiger partial charge >= 0.3 is 5.97 Å². The van der Waals surface area contributed by atoms with Gasteiger partial charge in [0.2, 0.25) is 0 Å². The Bertz CT molecular complexity index is 1020. The number of aromatic nitrogens is 2. The quantitative estimate of drug-likeness (QED) is 0.488. The molecule has 0 radical (unpaired) electrons. The van der Waals surface area contributed by atoms with E-state index < -0.39 is 0 Å². The van der Waals surface area contributed by atoms with E-state index in [-0.39, 0.29) is 24.5 Å². The number of hydrogen-bond donors (Lipinski definition) is 0. The van der Waals surface area contributed by atoms with Crippen LogP contribution in [0.5, 0.6) is 5.75 Å². The molecular formula is C23H24N2O3. The standard InChI is InChI=1S/C23H24N2O3/c26-22(14-15-25-16-24-21-9-5-4-8-20(21)23(25)27)28-19-12-10-18(11-13-19)17-6-2-1-3-7-17/h4-5,8-13,16-17H,1-3,6-7,14-15H2. The van der Waals surface area contributed by atoms with Crippen molar-refractivity contribution in [3.63, 3.8) is 0 Å². The summed E-state index contributed by atoms with van der Waals surface area (Å²) in [5.74, 6) is 0.824. The maximum Gasteiger partial charge on any atom is 0.312 e. The molecule has 0 atom stereocenters. The second kappa shape index (κ2) is 8.38. The fraction of sp³-hybridized carbons (Fsp3) is 0.348. The van der Waals surface area contributed by atoms with Crippen LogP contribution >= 0.6 is 0 Å². The number of benzene rings is 2. The third kappa shape index (κ3) is 4.14. The van der Waals surface area contributed by atoms with Crippen LogP contribution in [0.3, 0.4) is 0 Å². The molecule has 5 nitrogen and oxygen atoms in total. The highest BCUT2D eigenvalue weighted by atomic mass is 16.5. The average molecular weight is 376 g/mol. The first-order chi connectivity index (χ1) is 13.7. The van der Waals surface area contributed by atoms with E-state index in [0.717, 1.165) is 0 Å². The molecule has 2 aromatic carbocycles. The van der Waals surface area contributed by atoms with Crippen LogP contribution in [0.2, 0.25) is 0 Å². The van der Waals surface area contributed by atoms with E-state index in [1.54, 1.807) is 18.2 Å². The van der Waals surface area contributed by atoms with Gasteiger partial charge in [-0.1, -0.05) is 43.5 Å². The first-order valence-corrected chi connectivity index (χ1v) is 9.95. The molecule has 1 fully saturated rings. The maximum absolute atomic E-state index is 12.5. The highest BCUT2D eigenvalue weighted by molar-refractivity contribution is 5.77. The summed E-state index contributed by atoms with van der Waals surface area (Å²) in [6.45, 7) is 0.246. The zero-order valence-electron chi connectivity index (χ0n) is 15.8. The van der Waals surface area contributed by atoms with Crippen molar-refractivity contribution in [1.29, 1.82) is 0 Å².